The first-order valence-corrected chi connectivity index (χ1v) is 9.30. The van der Waals surface area contributed by atoms with Gasteiger partial charge >= 0.3 is 6.03 Å². The number of amides is 2. The molecule has 0 saturated heterocycles. The Bertz CT molecular complexity index is 513. The lowest BCUT2D eigenvalue weighted by atomic mass is 9.45. The number of nitrogens with one attached hydrogen (secondary N) is 1. The van der Waals surface area contributed by atoms with Gasteiger partial charge in [-0.05, 0) is 75.0 Å². The van der Waals surface area contributed by atoms with Gasteiger partial charge in [-0.3, -0.25) is 0 Å². The number of primary amides is 1. The maximum atomic E-state index is 11.1. The molecule has 24 heavy (non-hydrogen) atoms. The van der Waals surface area contributed by atoms with Crippen LogP contribution >= 0.6 is 0 Å². The van der Waals surface area contributed by atoms with Gasteiger partial charge < -0.3 is 10.8 Å². The average molecular weight is 338 g/mol. The highest BCUT2D eigenvalue weighted by atomic mass is 16.3. The van der Waals surface area contributed by atoms with Crippen molar-refractivity contribution in [2.75, 3.05) is 0 Å². The lowest BCUT2D eigenvalue weighted by Crippen LogP contribution is -2.57. The van der Waals surface area contributed by atoms with E-state index in [-0.39, 0.29) is 11.3 Å². The molecule has 2 aliphatic carbocycles. The number of nitrogens with zero attached hydrogens (tertiary/aromatic N) is 1. The van der Waals surface area contributed by atoms with Gasteiger partial charge in [0.05, 0.1) is 5.60 Å². The zero-order chi connectivity index (χ0) is 18.2. The predicted molar refractivity (Wildman–Crippen MR) is 97.6 cm³/mol. The number of hydrazone groups is 1. The Morgan fingerprint density at radius 3 is 2.54 bits per heavy atom. The molecule has 0 radical (unpaired) electrons. The number of fused-ring (bicyclic) bond motifs is 1. The maximum Gasteiger partial charge on any atom is 0.332 e. The van der Waals surface area contributed by atoms with Crippen molar-refractivity contribution in [3.8, 4) is 0 Å². The van der Waals surface area contributed by atoms with Crippen LogP contribution in [-0.4, -0.2) is 22.5 Å². The largest absolute Gasteiger partial charge is 0.390 e. The molecular weight excluding hydrogens is 302 g/mol. The van der Waals surface area contributed by atoms with Crippen LogP contribution in [0.1, 0.15) is 79.6 Å². The van der Waals surface area contributed by atoms with Crippen molar-refractivity contribution < 1.29 is 9.90 Å². The topological polar surface area (TPSA) is 87.7 Å². The van der Waals surface area contributed by atoms with Gasteiger partial charge in [0.15, 0.2) is 0 Å². The molecule has 0 aromatic rings. The summed E-state index contributed by atoms with van der Waals surface area (Å²) in [5, 5.41) is 15.1. The van der Waals surface area contributed by atoms with Gasteiger partial charge in [-0.25, -0.2) is 10.2 Å². The Morgan fingerprint density at radius 1 is 1.25 bits per heavy atom. The van der Waals surface area contributed by atoms with Crippen LogP contribution < -0.4 is 11.2 Å². The summed E-state index contributed by atoms with van der Waals surface area (Å²) >= 11 is 0. The van der Waals surface area contributed by atoms with Crippen molar-refractivity contribution in [1.29, 1.82) is 0 Å². The fourth-order valence-electron chi connectivity index (χ4n) is 5.83. The van der Waals surface area contributed by atoms with Crippen LogP contribution in [0.4, 0.5) is 4.79 Å². The van der Waals surface area contributed by atoms with Crippen LogP contribution in [0.5, 0.6) is 0 Å². The zero-order valence-corrected chi connectivity index (χ0v) is 16.0. The van der Waals surface area contributed by atoms with E-state index in [2.05, 4.69) is 31.3 Å². The molecule has 2 amide bonds. The summed E-state index contributed by atoms with van der Waals surface area (Å²) < 4.78 is 0. The molecule has 0 heterocycles. The second-order valence-electron chi connectivity index (χ2n) is 9.21. The van der Waals surface area contributed by atoms with Crippen molar-refractivity contribution in [2.45, 2.75) is 85.2 Å². The number of rotatable bonds is 4. The molecule has 2 fully saturated rings. The highest BCUT2D eigenvalue weighted by molar-refractivity contribution is 5.83. The van der Waals surface area contributed by atoms with Crippen molar-refractivity contribution in [2.24, 2.45) is 33.5 Å². The number of carbonyl (C=O) groups excluding carboxylic acids is 1. The van der Waals surface area contributed by atoms with Crippen molar-refractivity contribution in [3.63, 3.8) is 0 Å². The summed E-state index contributed by atoms with van der Waals surface area (Å²) in [6.07, 6.45) is 7.36. The minimum Gasteiger partial charge on any atom is -0.390 e. The third-order valence-electron chi connectivity index (χ3n) is 6.91. The zero-order valence-electron chi connectivity index (χ0n) is 16.0. The summed E-state index contributed by atoms with van der Waals surface area (Å²) in [6, 6.07) is -0.639. The van der Waals surface area contributed by atoms with Gasteiger partial charge in [-0.15, -0.1) is 0 Å². The lowest BCUT2D eigenvalue weighted by Gasteiger charge is -2.61. The summed E-state index contributed by atoms with van der Waals surface area (Å²) in [4.78, 5) is 10.8. The maximum absolute atomic E-state index is 11.1. The molecule has 0 spiro atoms. The smallest absolute Gasteiger partial charge is 0.332 e. The van der Waals surface area contributed by atoms with Crippen LogP contribution in [0.15, 0.2) is 5.10 Å². The molecule has 4 N–H and O–H groups in total. The average Bonchev–Trinajstić information content (AvgIpc) is 2.42. The predicted octanol–water partition coefficient (Wildman–Crippen LogP) is 3.80. The Kier molecular flexibility index (Phi) is 5.34. The van der Waals surface area contributed by atoms with E-state index in [1.807, 2.05) is 13.8 Å². The molecule has 0 aliphatic heterocycles. The Labute approximate surface area is 146 Å². The number of carbonyl (C=O) groups is 1. The van der Waals surface area contributed by atoms with E-state index in [0.717, 1.165) is 31.4 Å². The Morgan fingerprint density at radius 2 is 1.92 bits per heavy atom. The summed E-state index contributed by atoms with van der Waals surface area (Å²) in [6.45, 7) is 11.1. The fourth-order valence-corrected chi connectivity index (χ4v) is 5.83. The summed E-state index contributed by atoms with van der Waals surface area (Å²) in [5.41, 5.74) is 8.10. The van der Waals surface area contributed by atoms with Gasteiger partial charge in [0, 0.05) is 5.71 Å². The molecular formula is C19H35N3O2. The fraction of sp³-hybridized carbons (Fsp3) is 0.895. The monoisotopic (exact) mass is 337 g/mol. The first kappa shape index (κ1) is 19.2. The third-order valence-corrected chi connectivity index (χ3v) is 6.91. The van der Waals surface area contributed by atoms with Crippen molar-refractivity contribution >= 4 is 11.7 Å². The van der Waals surface area contributed by atoms with Gasteiger partial charge in [-0.2, -0.15) is 5.10 Å². The third kappa shape index (κ3) is 3.76. The molecule has 5 heteroatoms. The van der Waals surface area contributed by atoms with Gasteiger partial charge in [0.1, 0.15) is 0 Å². The van der Waals surface area contributed by atoms with Crippen LogP contribution in [0.25, 0.3) is 0 Å². The van der Waals surface area contributed by atoms with Crippen molar-refractivity contribution in [3.05, 3.63) is 0 Å². The second kappa shape index (κ2) is 6.66. The number of urea groups is 1. The SMILES string of the molecule is C/C(CC[C@@H]1[C@@]2(C)CCCC(C)(C)[C@H]2CC[C@@]1(C)O)=N\NC(N)=O. The Hall–Kier alpha value is -1.10. The first-order chi connectivity index (χ1) is 11.0. The number of hydrogen-bond acceptors (Lipinski definition) is 3. The molecule has 2 rings (SSSR count). The van der Waals surface area contributed by atoms with Crippen LogP contribution in [0.2, 0.25) is 0 Å². The van der Waals surface area contributed by atoms with Gasteiger partial charge in [0.2, 0.25) is 0 Å². The number of nitrogens with two attached hydrogens (primary N) is 1. The van der Waals surface area contributed by atoms with E-state index in [0.29, 0.717) is 11.3 Å². The molecule has 0 aromatic heterocycles. The van der Waals surface area contributed by atoms with E-state index in [4.69, 9.17) is 5.73 Å². The van der Waals surface area contributed by atoms with Crippen LogP contribution in [0, 0.1) is 22.7 Å². The normalized spacial score (nSPS) is 39.2. The van der Waals surface area contributed by atoms with Crippen LogP contribution in [-0.2, 0) is 0 Å². The van der Waals surface area contributed by atoms with E-state index < -0.39 is 11.6 Å². The quantitative estimate of drug-likeness (QED) is 0.538. The molecule has 0 bridgehead atoms. The summed E-state index contributed by atoms with van der Waals surface area (Å²) in [5.74, 6) is 0.909. The number of aliphatic hydroxyl groups is 1. The number of hydrogen-bond donors (Lipinski definition) is 3. The highest BCUT2D eigenvalue weighted by Crippen LogP contribution is 2.62. The molecule has 5 nitrogen and oxygen atoms in total. The molecule has 2 aliphatic rings. The molecule has 138 valence electrons. The lowest BCUT2D eigenvalue weighted by molar-refractivity contribution is -0.168. The molecule has 2 saturated carbocycles. The van der Waals surface area contributed by atoms with E-state index in [9.17, 15) is 9.90 Å². The second-order valence-corrected chi connectivity index (χ2v) is 9.21. The van der Waals surface area contributed by atoms with Crippen LogP contribution in [0.3, 0.4) is 0 Å². The standard InChI is InChI=1S/C19H35N3O2/c1-13(21-22-16(20)23)7-8-15-18(4)11-6-10-17(2,3)14(18)9-12-19(15,5)24/h14-15,24H,6-12H2,1-5H3,(H3,20,22,23)/b21-13+/t14-,15-,18+,19-/m1/s1. The minimum absolute atomic E-state index is 0.168. The molecule has 0 unspecified atom stereocenters. The van der Waals surface area contributed by atoms with E-state index in [1.54, 1.807) is 0 Å². The Balaban J connectivity index is 2.18. The van der Waals surface area contributed by atoms with Crippen molar-refractivity contribution in [1.82, 2.24) is 5.43 Å². The van der Waals surface area contributed by atoms with E-state index in [1.165, 1.54) is 19.3 Å². The highest BCUT2D eigenvalue weighted by Gasteiger charge is 2.57. The minimum atomic E-state index is -0.639. The first-order valence-electron chi connectivity index (χ1n) is 9.30. The van der Waals surface area contributed by atoms with E-state index >= 15 is 0 Å². The molecule has 0 aromatic carbocycles. The van der Waals surface area contributed by atoms with Gasteiger partial charge in [-0.1, -0.05) is 27.2 Å². The molecule has 4 atom stereocenters. The summed E-state index contributed by atoms with van der Waals surface area (Å²) in [7, 11) is 0. The van der Waals surface area contributed by atoms with Gasteiger partial charge in [0.25, 0.3) is 0 Å².